The first-order valence-electron chi connectivity index (χ1n) is 8.15. The minimum atomic E-state index is -0.382. The molecule has 0 aliphatic rings. The first-order valence-corrected chi connectivity index (χ1v) is 8.97. The molecule has 0 bridgehead atoms. The first kappa shape index (κ1) is 17.8. The summed E-state index contributed by atoms with van der Waals surface area (Å²) >= 11 is 0.970. The summed E-state index contributed by atoms with van der Waals surface area (Å²) in [7, 11) is 0. The summed E-state index contributed by atoms with van der Waals surface area (Å²) in [5.74, 6) is -0.708. The molecule has 0 aliphatic carbocycles. The average Bonchev–Trinajstić information content (AvgIpc) is 3.15. The van der Waals surface area contributed by atoms with Crippen LogP contribution in [-0.4, -0.2) is 28.6 Å². The monoisotopic (exact) mass is 366 g/mol. The van der Waals surface area contributed by atoms with Crippen molar-refractivity contribution in [1.82, 2.24) is 15.5 Å². The van der Waals surface area contributed by atoms with E-state index in [1.165, 1.54) is 5.56 Å². The number of carbonyl (C=O) groups excluding carboxylic acids is 2. The number of hydrogen-bond acceptors (Lipinski definition) is 5. The van der Waals surface area contributed by atoms with E-state index in [1.54, 1.807) is 12.1 Å². The van der Waals surface area contributed by atoms with E-state index in [2.05, 4.69) is 20.8 Å². The summed E-state index contributed by atoms with van der Waals surface area (Å²) in [6.07, 6.45) is 0.728. The molecule has 2 N–H and O–H groups in total. The molecular formula is C19H18N4O2S. The van der Waals surface area contributed by atoms with E-state index in [0.717, 1.165) is 23.3 Å². The molecule has 3 aromatic rings. The van der Waals surface area contributed by atoms with Gasteiger partial charge >= 0.3 is 0 Å². The maximum atomic E-state index is 12.1. The highest BCUT2D eigenvalue weighted by Crippen LogP contribution is 2.13. The number of benzene rings is 2. The molecule has 0 fully saturated rings. The van der Waals surface area contributed by atoms with Crippen LogP contribution in [0, 0.1) is 6.92 Å². The molecule has 26 heavy (non-hydrogen) atoms. The second kappa shape index (κ2) is 8.35. The molecule has 2 amide bonds. The normalized spacial score (nSPS) is 10.3. The van der Waals surface area contributed by atoms with Gasteiger partial charge in [0.1, 0.15) is 0 Å². The zero-order valence-electron chi connectivity index (χ0n) is 14.2. The van der Waals surface area contributed by atoms with Crippen molar-refractivity contribution < 1.29 is 9.59 Å². The Morgan fingerprint density at radius 1 is 0.923 bits per heavy atom. The van der Waals surface area contributed by atoms with Gasteiger partial charge in [-0.05, 0) is 31.0 Å². The Morgan fingerprint density at radius 2 is 1.58 bits per heavy atom. The van der Waals surface area contributed by atoms with Crippen LogP contribution >= 0.6 is 11.3 Å². The van der Waals surface area contributed by atoms with Gasteiger partial charge in [0, 0.05) is 12.2 Å². The van der Waals surface area contributed by atoms with E-state index in [0.29, 0.717) is 12.2 Å². The molecule has 6 nitrogen and oxygen atoms in total. The number of nitrogens with one attached hydrogen (secondary N) is 2. The summed E-state index contributed by atoms with van der Waals surface area (Å²) in [5.41, 5.74) is 3.01. The van der Waals surface area contributed by atoms with E-state index in [9.17, 15) is 9.59 Å². The molecule has 3 rings (SSSR count). The average molecular weight is 366 g/mol. The molecule has 2 aromatic carbocycles. The number of aromatic nitrogens is 2. The van der Waals surface area contributed by atoms with E-state index in [4.69, 9.17) is 0 Å². The van der Waals surface area contributed by atoms with Crippen molar-refractivity contribution >= 4 is 28.8 Å². The van der Waals surface area contributed by atoms with Crippen LogP contribution in [0.4, 0.5) is 5.69 Å². The predicted octanol–water partition coefficient (Wildman–Crippen LogP) is 3.07. The van der Waals surface area contributed by atoms with Gasteiger partial charge in [-0.3, -0.25) is 9.59 Å². The highest BCUT2D eigenvalue weighted by Gasteiger charge is 2.17. The van der Waals surface area contributed by atoms with Gasteiger partial charge in [-0.25, -0.2) is 0 Å². The van der Waals surface area contributed by atoms with Crippen LogP contribution in [0.1, 0.15) is 30.7 Å². The van der Waals surface area contributed by atoms with Crippen molar-refractivity contribution in [3.05, 3.63) is 75.7 Å². The molecule has 1 heterocycles. The number of para-hydroxylation sites is 1. The highest BCUT2D eigenvalue weighted by molar-refractivity contribution is 7.15. The van der Waals surface area contributed by atoms with Crippen LogP contribution in [0.2, 0.25) is 0 Å². The van der Waals surface area contributed by atoms with Crippen LogP contribution < -0.4 is 10.6 Å². The van der Waals surface area contributed by atoms with Crippen LogP contribution in [-0.2, 0) is 6.42 Å². The topological polar surface area (TPSA) is 84.0 Å². The Kier molecular flexibility index (Phi) is 5.70. The first-order chi connectivity index (χ1) is 12.6. The Morgan fingerprint density at radius 3 is 2.27 bits per heavy atom. The van der Waals surface area contributed by atoms with Gasteiger partial charge in [-0.2, -0.15) is 0 Å². The molecule has 0 saturated heterocycles. The fourth-order valence-corrected chi connectivity index (χ4v) is 2.92. The molecule has 0 spiro atoms. The van der Waals surface area contributed by atoms with E-state index < -0.39 is 0 Å². The second-order valence-corrected chi connectivity index (χ2v) is 6.70. The molecule has 1 aromatic heterocycles. The molecule has 0 aliphatic heterocycles. The van der Waals surface area contributed by atoms with E-state index in [1.807, 2.05) is 49.4 Å². The smallest absolute Gasteiger partial charge is 0.286 e. The Labute approximate surface area is 155 Å². The van der Waals surface area contributed by atoms with Crippen LogP contribution in [0.5, 0.6) is 0 Å². The number of rotatable bonds is 6. The lowest BCUT2D eigenvalue weighted by Crippen LogP contribution is -2.25. The summed E-state index contributed by atoms with van der Waals surface area (Å²) in [6, 6.07) is 17.2. The molecule has 7 heteroatoms. The number of nitrogens with zero attached hydrogens (tertiary/aromatic N) is 2. The van der Waals surface area contributed by atoms with Crippen molar-refractivity contribution in [2.24, 2.45) is 0 Å². The van der Waals surface area contributed by atoms with Crippen molar-refractivity contribution in [3.63, 3.8) is 0 Å². The van der Waals surface area contributed by atoms with E-state index >= 15 is 0 Å². The summed E-state index contributed by atoms with van der Waals surface area (Å²) in [6.45, 7) is 2.53. The predicted molar refractivity (Wildman–Crippen MR) is 102 cm³/mol. The van der Waals surface area contributed by atoms with Crippen LogP contribution in [0.15, 0.2) is 54.6 Å². The quantitative estimate of drug-likeness (QED) is 0.702. The largest absolute Gasteiger partial charge is 0.350 e. The van der Waals surface area contributed by atoms with Gasteiger partial charge in [0.05, 0.1) is 0 Å². The molecule has 0 unspecified atom stereocenters. The molecular weight excluding hydrogens is 348 g/mol. The number of amides is 2. The zero-order valence-corrected chi connectivity index (χ0v) is 15.0. The van der Waals surface area contributed by atoms with Crippen molar-refractivity contribution in [2.45, 2.75) is 13.3 Å². The lowest BCUT2D eigenvalue weighted by atomic mass is 10.1. The van der Waals surface area contributed by atoms with Crippen molar-refractivity contribution in [1.29, 1.82) is 0 Å². The Balaban J connectivity index is 1.52. The standard InChI is InChI=1S/C19H18N4O2S/c1-13-7-9-14(10-8-13)11-12-20-16(24)18-22-23-19(26-18)17(25)21-15-5-3-2-4-6-15/h2-10H,11-12H2,1H3,(H,20,24)(H,21,25). The number of hydrogen-bond donors (Lipinski definition) is 2. The minimum absolute atomic E-state index is 0.150. The summed E-state index contributed by atoms with van der Waals surface area (Å²) in [4.78, 5) is 24.3. The lowest BCUT2D eigenvalue weighted by molar-refractivity contribution is 0.0951. The van der Waals surface area contributed by atoms with Crippen molar-refractivity contribution in [2.75, 3.05) is 11.9 Å². The van der Waals surface area contributed by atoms with Gasteiger partial charge in [0.15, 0.2) is 0 Å². The van der Waals surface area contributed by atoms with Crippen LogP contribution in [0.25, 0.3) is 0 Å². The minimum Gasteiger partial charge on any atom is -0.350 e. The fourth-order valence-electron chi connectivity index (χ4n) is 2.26. The number of aryl methyl sites for hydroxylation is 1. The van der Waals surface area contributed by atoms with Gasteiger partial charge in [0.2, 0.25) is 10.0 Å². The van der Waals surface area contributed by atoms with Crippen LogP contribution in [0.3, 0.4) is 0 Å². The van der Waals surface area contributed by atoms with Gasteiger partial charge in [-0.15, -0.1) is 10.2 Å². The third-order valence-corrected chi connectivity index (χ3v) is 4.59. The van der Waals surface area contributed by atoms with Gasteiger partial charge in [-0.1, -0.05) is 59.4 Å². The van der Waals surface area contributed by atoms with Gasteiger partial charge in [0.25, 0.3) is 11.8 Å². The summed E-state index contributed by atoms with van der Waals surface area (Å²) in [5, 5.41) is 13.5. The fraction of sp³-hybridized carbons (Fsp3) is 0.158. The second-order valence-electron chi connectivity index (χ2n) is 5.72. The number of anilines is 1. The number of carbonyl (C=O) groups is 2. The zero-order chi connectivity index (χ0) is 18.4. The molecule has 132 valence electrons. The Hall–Kier alpha value is -3.06. The van der Waals surface area contributed by atoms with Crippen molar-refractivity contribution in [3.8, 4) is 0 Å². The lowest BCUT2D eigenvalue weighted by Gasteiger charge is -2.03. The third kappa shape index (κ3) is 4.73. The maximum Gasteiger partial charge on any atom is 0.286 e. The third-order valence-electron chi connectivity index (χ3n) is 3.66. The molecule has 0 radical (unpaired) electrons. The molecule has 0 atom stereocenters. The van der Waals surface area contributed by atoms with Gasteiger partial charge < -0.3 is 10.6 Å². The van der Waals surface area contributed by atoms with E-state index in [-0.39, 0.29) is 21.8 Å². The highest BCUT2D eigenvalue weighted by atomic mass is 32.1. The SMILES string of the molecule is Cc1ccc(CCNC(=O)c2nnc(C(=O)Nc3ccccc3)s2)cc1. The Bertz CT molecular complexity index is 891. The maximum absolute atomic E-state index is 12.1. The molecule has 0 saturated carbocycles. The summed E-state index contributed by atoms with van der Waals surface area (Å²) < 4.78 is 0.